The molecule has 18 heavy (non-hydrogen) atoms. The Labute approximate surface area is 111 Å². The first kappa shape index (κ1) is 14.4. The fraction of sp³-hybridized carbons (Fsp3) is 0.214. The van der Waals surface area contributed by atoms with Gasteiger partial charge in [0, 0.05) is 10.4 Å². The number of thiophene rings is 1. The molecule has 1 N–H and O–H groups in total. The summed E-state index contributed by atoms with van der Waals surface area (Å²) < 4.78 is 4.75. The lowest BCUT2D eigenvalue weighted by Gasteiger charge is -2.02. The zero-order chi connectivity index (χ0) is 13.5. The minimum Gasteiger partial charge on any atom is -0.465 e. The van der Waals surface area contributed by atoms with E-state index in [1.807, 2.05) is 25.2 Å². The average Bonchev–Trinajstić information content (AvgIpc) is 2.81. The Balaban J connectivity index is 3.36. The van der Waals surface area contributed by atoms with E-state index in [-0.39, 0.29) is 6.61 Å². The van der Waals surface area contributed by atoms with Crippen molar-refractivity contribution in [3.05, 3.63) is 52.3 Å². The zero-order valence-corrected chi connectivity index (χ0v) is 11.3. The number of carbonyl (C=O) groups excluding carboxylic acids is 1. The Kier molecular flexibility index (Phi) is 5.55. The van der Waals surface area contributed by atoms with Gasteiger partial charge in [-0.15, -0.1) is 11.3 Å². The number of hydrogen-bond donors (Lipinski definition) is 1. The van der Waals surface area contributed by atoms with Crippen molar-refractivity contribution in [2.24, 2.45) is 0 Å². The molecule has 96 valence electrons. The lowest BCUT2D eigenvalue weighted by molar-refractivity contribution is 0.0606. The number of rotatable bonds is 5. The Morgan fingerprint density at radius 2 is 2.33 bits per heavy atom. The molecule has 0 aromatic carbocycles. The molecule has 0 spiro atoms. The number of aliphatic hydroxyl groups is 1. The van der Waals surface area contributed by atoms with E-state index in [4.69, 9.17) is 4.74 Å². The lowest BCUT2D eigenvalue weighted by atomic mass is 10.1. The predicted molar refractivity (Wildman–Crippen MR) is 74.6 cm³/mol. The normalized spacial score (nSPS) is 11.8. The van der Waals surface area contributed by atoms with E-state index in [1.54, 1.807) is 12.1 Å². The van der Waals surface area contributed by atoms with Crippen LogP contribution in [0.4, 0.5) is 0 Å². The molecule has 0 atom stereocenters. The molecule has 0 fully saturated rings. The second kappa shape index (κ2) is 6.93. The van der Waals surface area contributed by atoms with Crippen LogP contribution in [0.1, 0.15) is 27.0 Å². The van der Waals surface area contributed by atoms with Crippen LogP contribution in [-0.2, 0) is 11.3 Å². The number of esters is 1. The van der Waals surface area contributed by atoms with Crippen molar-refractivity contribution in [2.75, 3.05) is 7.11 Å². The maximum absolute atomic E-state index is 11.7. The summed E-state index contributed by atoms with van der Waals surface area (Å²) in [6.45, 7) is 5.46. The molecule has 0 amide bonds. The Hall–Kier alpha value is -1.65. The minimum atomic E-state index is -0.394. The van der Waals surface area contributed by atoms with E-state index in [0.29, 0.717) is 4.88 Å². The number of carbonyl (C=O) groups is 1. The maximum atomic E-state index is 11.7. The van der Waals surface area contributed by atoms with Crippen LogP contribution in [0.3, 0.4) is 0 Å². The summed E-state index contributed by atoms with van der Waals surface area (Å²) in [5.41, 5.74) is 1.62. The quantitative estimate of drug-likeness (QED) is 0.656. The minimum absolute atomic E-state index is 0.0914. The number of allylic oxidation sites excluding steroid dienone is 5. The number of methoxy groups -OCH3 is 1. The summed E-state index contributed by atoms with van der Waals surface area (Å²) in [5, 5.41) is 9.17. The molecule has 0 aliphatic heterocycles. The Bertz CT molecular complexity index is 495. The highest BCUT2D eigenvalue weighted by Gasteiger charge is 2.18. The standard InChI is InChI=1S/C14H16O3S/c1-4-6-10(7-5-2)12-8-11(9-15)18-13(12)14(16)17-3/h4-8,15H,1,9H2,2-3H3/b7-5-,10-6+. The fourth-order valence-electron chi connectivity index (χ4n) is 1.52. The molecule has 0 saturated carbocycles. The first-order valence-electron chi connectivity index (χ1n) is 5.45. The smallest absolute Gasteiger partial charge is 0.348 e. The van der Waals surface area contributed by atoms with Crippen molar-refractivity contribution in [3.63, 3.8) is 0 Å². The highest BCUT2D eigenvalue weighted by atomic mass is 32.1. The van der Waals surface area contributed by atoms with Crippen LogP contribution in [0.5, 0.6) is 0 Å². The van der Waals surface area contributed by atoms with E-state index in [1.165, 1.54) is 18.4 Å². The van der Waals surface area contributed by atoms with Crippen LogP contribution in [0.25, 0.3) is 5.57 Å². The number of ether oxygens (including phenoxy) is 1. The van der Waals surface area contributed by atoms with Gasteiger partial charge in [-0.3, -0.25) is 0 Å². The van der Waals surface area contributed by atoms with Gasteiger partial charge >= 0.3 is 5.97 Å². The van der Waals surface area contributed by atoms with Gasteiger partial charge in [0.05, 0.1) is 13.7 Å². The summed E-state index contributed by atoms with van der Waals surface area (Å²) in [4.78, 5) is 12.9. The van der Waals surface area contributed by atoms with Crippen molar-refractivity contribution in [2.45, 2.75) is 13.5 Å². The molecule has 0 unspecified atom stereocenters. The Morgan fingerprint density at radius 3 is 2.83 bits per heavy atom. The molecule has 1 rings (SSSR count). The monoisotopic (exact) mass is 264 g/mol. The molecule has 0 aliphatic rings. The molecule has 4 heteroatoms. The van der Waals surface area contributed by atoms with Gasteiger partial charge in [-0.05, 0) is 18.6 Å². The van der Waals surface area contributed by atoms with Gasteiger partial charge in [0.25, 0.3) is 0 Å². The molecule has 3 nitrogen and oxygen atoms in total. The molecular weight excluding hydrogens is 248 g/mol. The van der Waals surface area contributed by atoms with Crippen molar-refractivity contribution < 1.29 is 14.6 Å². The third-order valence-electron chi connectivity index (χ3n) is 2.26. The van der Waals surface area contributed by atoms with Crippen molar-refractivity contribution >= 4 is 22.9 Å². The van der Waals surface area contributed by atoms with Crippen LogP contribution in [0.15, 0.2) is 36.9 Å². The summed E-state index contributed by atoms with van der Waals surface area (Å²) >= 11 is 1.24. The largest absolute Gasteiger partial charge is 0.465 e. The highest BCUT2D eigenvalue weighted by molar-refractivity contribution is 7.14. The molecule has 1 aromatic rings. The van der Waals surface area contributed by atoms with Gasteiger partial charge < -0.3 is 9.84 Å². The van der Waals surface area contributed by atoms with E-state index in [9.17, 15) is 9.90 Å². The molecule has 0 radical (unpaired) electrons. The van der Waals surface area contributed by atoms with Gasteiger partial charge in [-0.1, -0.05) is 30.9 Å². The molecule has 0 bridgehead atoms. The molecule has 1 heterocycles. The second-order valence-corrected chi connectivity index (χ2v) is 4.60. The highest BCUT2D eigenvalue weighted by Crippen LogP contribution is 2.30. The fourth-order valence-corrected chi connectivity index (χ4v) is 2.48. The first-order chi connectivity index (χ1) is 8.67. The first-order valence-corrected chi connectivity index (χ1v) is 6.27. The summed E-state index contributed by atoms with van der Waals surface area (Å²) in [6.07, 6.45) is 7.24. The van der Waals surface area contributed by atoms with Gasteiger partial charge in [0.15, 0.2) is 0 Å². The SMILES string of the molecule is C=C/C=C(\C=C/C)c1cc(CO)sc1C(=O)OC. The van der Waals surface area contributed by atoms with Crippen LogP contribution in [0.2, 0.25) is 0 Å². The lowest BCUT2D eigenvalue weighted by Crippen LogP contribution is -2.01. The van der Waals surface area contributed by atoms with E-state index < -0.39 is 5.97 Å². The molecule has 0 aliphatic carbocycles. The van der Waals surface area contributed by atoms with Crippen molar-refractivity contribution in [1.29, 1.82) is 0 Å². The van der Waals surface area contributed by atoms with Crippen LogP contribution < -0.4 is 0 Å². The molecule has 1 aromatic heterocycles. The summed E-state index contributed by atoms with van der Waals surface area (Å²) in [7, 11) is 1.34. The number of aliphatic hydroxyl groups excluding tert-OH is 1. The molecule has 0 saturated heterocycles. The second-order valence-electron chi connectivity index (χ2n) is 3.46. The van der Waals surface area contributed by atoms with E-state index in [2.05, 4.69) is 6.58 Å². The maximum Gasteiger partial charge on any atom is 0.348 e. The predicted octanol–water partition coefficient (Wildman–Crippen LogP) is 3.17. The van der Waals surface area contributed by atoms with Crippen LogP contribution in [0, 0.1) is 0 Å². The zero-order valence-electron chi connectivity index (χ0n) is 10.5. The number of hydrogen-bond acceptors (Lipinski definition) is 4. The third-order valence-corrected chi connectivity index (χ3v) is 3.36. The van der Waals surface area contributed by atoms with Crippen molar-refractivity contribution in [3.8, 4) is 0 Å². The van der Waals surface area contributed by atoms with Crippen LogP contribution >= 0.6 is 11.3 Å². The van der Waals surface area contributed by atoms with Crippen LogP contribution in [-0.4, -0.2) is 18.2 Å². The average molecular weight is 264 g/mol. The van der Waals surface area contributed by atoms with Crippen molar-refractivity contribution in [1.82, 2.24) is 0 Å². The van der Waals surface area contributed by atoms with Gasteiger partial charge in [0.1, 0.15) is 4.88 Å². The Morgan fingerprint density at radius 1 is 1.61 bits per heavy atom. The van der Waals surface area contributed by atoms with Gasteiger partial charge in [-0.25, -0.2) is 4.79 Å². The van der Waals surface area contributed by atoms with Gasteiger partial charge in [-0.2, -0.15) is 0 Å². The van der Waals surface area contributed by atoms with Gasteiger partial charge in [0.2, 0.25) is 0 Å². The third kappa shape index (κ3) is 3.18. The van der Waals surface area contributed by atoms with E-state index in [0.717, 1.165) is 16.0 Å². The summed E-state index contributed by atoms with van der Waals surface area (Å²) in [5.74, 6) is -0.394. The summed E-state index contributed by atoms with van der Waals surface area (Å²) in [6, 6.07) is 1.80. The van der Waals surface area contributed by atoms with E-state index >= 15 is 0 Å². The molecular formula is C14H16O3S. The topological polar surface area (TPSA) is 46.5 Å².